The number of aromatic nitrogens is 1. The van der Waals surface area contributed by atoms with Crippen LogP contribution in [0, 0.1) is 12.2 Å². The van der Waals surface area contributed by atoms with Crippen molar-refractivity contribution in [3.63, 3.8) is 0 Å². The summed E-state index contributed by atoms with van der Waals surface area (Å²) in [6.07, 6.45) is 0.535. The standard InChI is InChI=1S/C8H10FNO2S/c1-5-7(13-8(9)10-5)3-4-12-6(2)11/h3-4H2,1-2H3. The lowest BCUT2D eigenvalue weighted by Crippen LogP contribution is -2.02. The lowest BCUT2D eigenvalue weighted by molar-refractivity contribution is -0.140. The van der Waals surface area contributed by atoms with Crippen molar-refractivity contribution in [2.24, 2.45) is 0 Å². The first-order valence-electron chi connectivity index (χ1n) is 3.84. The summed E-state index contributed by atoms with van der Waals surface area (Å²) in [5.41, 5.74) is 0.676. The van der Waals surface area contributed by atoms with Crippen LogP contribution in [0.4, 0.5) is 4.39 Å². The van der Waals surface area contributed by atoms with Crippen LogP contribution in [0.15, 0.2) is 0 Å². The van der Waals surface area contributed by atoms with Crippen molar-refractivity contribution in [1.29, 1.82) is 0 Å². The van der Waals surface area contributed by atoms with Gasteiger partial charge in [0.05, 0.1) is 12.3 Å². The second-order valence-corrected chi connectivity index (χ2v) is 3.60. The first-order chi connectivity index (χ1) is 6.09. The summed E-state index contributed by atoms with van der Waals surface area (Å²) in [5, 5.41) is -0.435. The van der Waals surface area contributed by atoms with E-state index in [9.17, 15) is 9.18 Å². The molecule has 13 heavy (non-hydrogen) atoms. The van der Waals surface area contributed by atoms with Crippen molar-refractivity contribution >= 4 is 17.3 Å². The van der Waals surface area contributed by atoms with Gasteiger partial charge in [-0.05, 0) is 6.92 Å². The monoisotopic (exact) mass is 203 g/mol. The van der Waals surface area contributed by atoms with Gasteiger partial charge in [-0.1, -0.05) is 11.3 Å². The van der Waals surface area contributed by atoms with Crippen LogP contribution in [0.25, 0.3) is 0 Å². The van der Waals surface area contributed by atoms with Crippen molar-refractivity contribution in [3.8, 4) is 0 Å². The molecule has 1 heterocycles. The molecule has 0 aliphatic rings. The predicted molar refractivity (Wildman–Crippen MR) is 47.1 cm³/mol. The van der Waals surface area contributed by atoms with Crippen molar-refractivity contribution in [2.75, 3.05) is 6.61 Å². The van der Waals surface area contributed by atoms with E-state index in [1.54, 1.807) is 6.92 Å². The molecule has 0 unspecified atom stereocenters. The Morgan fingerprint density at radius 2 is 2.38 bits per heavy atom. The highest BCUT2D eigenvalue weighted by atomic mass is 32.1. The Hall–Kier alpha value is -0.970. The van der Waals surface area contributed by atoms with Gasteiger partial charge in [0.15, 0.2) is 0 Å². The molecule has 1 aromatic heterocycles. The normalized spacial score (nSPS) is 10.1. The maximum Gasteiger partial charge on any atom is 0.302 e. The third-order valence-corrected chi connectivity index (χ3v) is 2.51. The molecule has 0 bridgehead atoms. The molecule has 3 nitrogen and oxygen atoms in total. The number of ether oxygens (including phenoxy) is 1. The SMILES string of the molecule is CC(=O)OCCc1sc(F)nc1C. The van der Waals surface area contributed by atoms with Crippen LogP contribution in [0.1, 0.15) is 17.5 Å². The zero-order valence-electron chi connectivity index (χ0n) is 7.46. The van der Waals surface area contributed by atoms with E-state index in [4.69, 9.17) is 4.74 Å². The Labute approximate surface area is 79.6 Å². The molecule has 1 aromatic rings. The Morgan fingerprint density at radius 1 is 1.69 bits per heavy atom. The second kappa shape index (κ2) is 4.32. The average molecular weight is 203 g/mol. The molecule has 0 amide bonds. The minimum atomic E-state index is -0.435. The Kier molecular flexibility index (Phi) is 3.36. The van der Waals surface area contributed by atoms with E-state index in [-0.39, 0.29) is 12.6 Å². The molecule has 0 aliphatic heterocycles. The van der Waals surface area contributed by atoms with Gasteiger partial charge in [-0.2, -0.15) is 4.39 Å². The molecule has 0 fully saturated rings. The van der Waals surface area contributed by atoms with Gasteiger partial charge in [0.25, 0.3) is 5.26 Å². The second-order valence-electron chi connectivity index (χ2n) is 2.57. The molecule has 0 saturated heterocycles. The zero-order valence-corrected chi connectivity index (χ0v) is 8.28. The van der Waals surface area contributed by atoms with Gasteiger partial charge >= 0.3 is 5.97 Å². The lowest BCUT2D eigenvalue weighted by Gasteiger charge is -1.99. The molecule has 0 radical (unpaired) electrons. The van der Waals surface area contributed by atoms with E-state index in [1.807, 2.05) is 0 Å². The Morgan fingerprint density at radius 3 is 2.85 bits per heavy atom. The maximum absolute atomic E-state index is 12.6. The van der Waals surface area contributed by atoms with Crippen LogP contribution in [0.3, 0.4) is 0 Å². The third kappa shape index (κ3) is 3.10. The van der Waals surface area contributed by atoms with E-state index in [1.165, 1.54) is 6.92 Å². The van der Waals surface area contributed by atoms with Gasteiger partial charge in [0.1, 0.15) is 0 Å². The summed E-state index contributed by atoms with van der Waals surface area (Å²) in [4.78, 5) is 14.9. The molecular formula is C8H10FNO2S. The molecule has 0 saturated carbocycles. The van der Waals surface area contributed by atoms with Crippen molar-refractivity contribution in [3.05, 3.63) is 15.8 Å². The molecule has 0 aliphatic carbocycles. The van der Waals surface area contributed by atoms with Crippen LogP contribution in [0.2, 0.25) is 0 Å². The van der Waals surface area contributed by atoms with Crippen LogP contribution in [-0.4, -0.2) is 17.6 Å². The summed E-state index contributed by atoms with van der Waals surface area (Å²) in [6.45, 7) is 3.38. The summed E-state index contributed by atoms with van der Waals surface area (Å²) in [6, 6.07) is 0. The fraction of sp³-hybridized carbons (Fsp3) is 0.500. The maximum atomic E-state index is 12.6. The summed E-state index contributed by atoms with van der Waals surface area (Å²) < 4.78 is 17.3. The molecule has 72 valence electrons. The number of esters is 1. The zero-order chi connectivity index (χ0) is 9.84. The van der Waals surface area contributed by atoms with Gasteiger partial charge in [-0.3, -0.25) is 4.79 Å². The van der Waals surface area contributed by atoms with E-state index >= 15 is 0 Å². The number of halogens is 1. The number of hydrogen-bond acceptors (Lipinski definition) is 4. The summed E-state index contributed by atoms with van der Waals surface area (Å²) in [7, 11) is 0. The smallest absolute Gasteiger partial charge is 0.302 e. The highest BCUT2D eigenvalue weighted by Gasteiger charge is 2.06. The Bertz CT molecular complexity index is 311. The topological polar surface area (TPSA) is 39.2 Å². The van der Waals surface area contributed by atoms with Crippen LogP contribution in [-0.2, 0) is 16.0 Å². The minimum Gasteiger partial charge on any atom is -0.465 e. The first kappa shape index (κ1) is 10.1. The molecule has 0 aromatic carbocycles. The summed E-state index contributed by atoms with van der Waals surface area (Å²) >= 11 is 0.997. The van der Waals surface area contributed by atoms with E-state index in [0.717, 1.165) is 16.2 Å². The van der Waals surface area contributed by atoms with Gasteiger partial charge in [-0.15, -0.1) is 0 Å². The number of carbonyl (C=O) groups is 1. The van der Waals surface area contributed by atoms with E-state index in [0.29, 0.717) is 12.1 Å². The van der Waals surface area contributed by atoms with Gasteiger partial charge < -0.3 is 4.74 Å². The highest BCUT2D eigenvalue weighted by Crippen LogP contribution is 2.16. The number of nitrogens with zero attached hydrogens (tertiary/aromatic N) is 1. The molecule has 5 heteroatoms. The molecule has 0 atom stereocenters. The minimum absolute atomic E-state index is 0.289. The Balaban J connectivity index is 2.45. The number of hydrogen-bond donors (Lipinski definition) is 0. The number of thiazole rings is 1. The highest BCUT2D eigenvalue weighted by molar-refractivity contribution is 7.10. The number of aryl methyl sites for hydroxylation is 1. The number of carbonyl (C=O) groups excluding carboxylic acids is 1. The lowest BCUT2D eigenvalue weighted by atomic mass is 10.3. The molecular weight excluding hydrogens is 193 g/mol. The van der Waals surface area contributed by atoms with Crippen LogP contribution < -0.4 is 0 Å². The van der Waals surface area contributed by atoms with Gasteiger partial charge in [-0.25, -0.2) is 4.98 Å². The van der Waals surface area contributed by atoms with Crippen molar-refractivity contribution < 1.29 is 13.9 Å². The molecule has 0 N–H and O–H groups in total. The molecule has 1 rings (SSSR count). The van der Waals surface area contributed by atoms with Gasteiger partial charge in [0, 0.05) is 18.2 Å². The third-order valence-electron chi connectivity index (χ3n) is 1.50. The fourth-order valence-corrected chi connectivity index (χ4v) is 1.68. The van der Waals surface area contributed by atoms with E-state index < -0.39 is 5.26 Å². The van der Waals surface area contributed by atoms with Gasteiger partial charge in [0.2, 0.25) is 0 Å². The van der Waals surface area contributed by atoms with E-state index in [2.05, 4.69) is 4.98 Å². The predicted octanol–water partition coefficient (Wildman–Crippen LogP) is 1.70. The fourth-order valence-electron chi connectivity index (χ4n) is 0.912. The van der Waals surface area contributed by atoms with Crippen molar-refractivity contribution in [1.82, 2.24) is 4.98 Å². The molecule has 0 spiro atoms. The average Bonchev–Trinajstić information content (AvgIpc) is 2.29. The van der Waals surface area contributed by atoms with Crippen molar-refractivity contribution in [2.45, 2.75) is 20.3 Å². The van der Waals surface area contributed by atoms with Crippen LogP contribution >= 0.6 is 11.3 Å². The number of rotatable bonds is 3. The summed E-state index contributed by atoms with van der Waals surface area (Å²) in [5.74, 6) is -0.317. The largest absolute Gasteiger partial charge is 0.465 e. The first-order valence-corrected chi connectivity index (χ1v) is 4.66. The van der Waals surface area contributed by atoms with Crippen LogP contribution in [0.5, 0.6) is 0 Å². The quantitative estimate of drug-likeness (QED) is 0.702.